The highest BCUT2D eigenvalue weighted by Gasteiger charge is 2.28. The number of piperidine rings is 1. The predicted octanol–water partition coefficient (Wildman–Crippen LogP) is 2.42. The van der Waals surface area contributed by atoms with Gasteiger partial charge in [-0.3, -0.25) is 4.90 Å². The zero-order valence-corrected chi connectivity index (χ0v) is 10.6. The molecule has 1 fully saturated rings. The van der Waals surface area contributed by atoms with Gasteiger partial charge in [-0.2, -0.15) is 4.98 Å². The third-order valence-corrected chi connectivity index (χ3v) is 3.35. The number of hydrogen-bond acceptors (Lipinski definition) is 4. The molecule has 0 radical (unpaired) electrons. The summed E-state index contributed by atoms with van der Waals surface area (Å²) in [6, 6.07) is 0.242. The molecule has 2 rings (SSSR count). The fraction of sp³-hybridized carbons (Fsp3) is 0.833. The van der Waals surface area contributed by atoms with E-state index in [-0.39, 0.29) is 6.04 Å². The smallest absolute Gasteiger partial charge is 0.243 e. The Bertz CT molecular complexity index is 340. The molecule has 4 heteroatoms. The summed E-state index contributed by atoms with van der Waals surface area (Å²) in [7, 11) is 0. The van der Waals surface area contributed by atoms with E-state index in [9.17, 15) is 0 Å². The molecular formula is C12H21N3O. The van der Waals surface area contributed by atoms with Crippen molar-refractivity contribution in [3.63, 3.8) is 0 Å². The lowest BCUT2D eigenvalue weighted by atomic mass is 9.91. The van der Waals surface area contributed by atoms with Gasteiger partial charge >= 0.3 is 0 Å². The largest absolute Gasteiger partial charge is 0.338 e. The number of nitrogens with zero attached hydrogens (tertiary/aromatic N) is 3. The summed E-state index contributed by atoms with van der Waals surface area (Å²) in [5.41, 5.74) is 0. The van der Waals surface area contributed by atoms with Crippen molar-refractivity contribution in [3.05, 3.63) is 11.7 Å². The van der Waals surface area contributed by atoms with Crippen molar-refractivity contribution < 1.29 is 4.52 Å². The third-order valence-electron chi connectivity index (χ3n) is 3.35. The van der Waals surface area contributed by atoms with Crippen LogP contribution in [-0.2, 0) is 0 Å². The second kappa shape index (κ2) is 4.53. The summed E-state index contributed by atoms with van der Waals surface area (Å²) in [5, 5.41) is 3.86. The van der Waals surface area contributed by atoms with Gasteiger partial charge < -0.3 is 4.52 Å². The second-order valence-electron chi connectivity index (χ2n) is 5.26. The minimum atomic E-state index is 0.242. The highest BCUT2D eigenvalue weighted by Crippen LogP contribution is 2.28. The van der Waals surface area contributed by atoms with Crippen molar-refractivity contribution in [2.24, 2.45) is 11.8 Å². The molecule has 3 unspecified atom stereocenters. The van der Waals surface area contributed by atoms with Crippen LogP contribution >= 0.6 is 0 Å². The van der Waals surface area contributed by atoms with Crippen molar-refractivity contribution in [2.45, 2.75) is 40.2 Å². The highest BCUT2D eigenvalue weighted by atomic mass is 16.5. The molecular weight excluding hydrogens is 202 g/mol. The van der Waals surface area contributed by atoms with Gasteiger partial charge in [0, 0.05) is 13.1 Å². The third kappa shape index (κ3) is 2.43. The van der Waals surface area contributed by atoms with Crippen LogP contribution in [0.2, 0.25) is 0 Å². The first-order chi connectivity index (χ1) is 7.56. The summed E-state index contributed by atoms with van der Waals surface area (Å²) >= 11 is 0. The summed E-state index contributed by atoms with van der Waals surface area (Å²) in [5.74, 6) is 2.99. The normalized spacial score (nSPS) is 29.2. The fourth-order valence-corrected chi connectivity index (χ4v) is 2.67. The number of hydrogen-bond donors (Lipinski definition) is 0. The molecule has 1 aliphatic heterocycles. The Morgan fingerprint density at radius 3 is 2.44 bits per heavy atom. The molecule has 0 spiro atoms. The summed E-state index contributed by atoms with van der Waals surface area (Å²) in [6.07, 6.45) is 1.33. The van der Waals surface area contributed by atoms with E-state index in [1.165, 1.54) is 6.42 Å². The molecule has 0 amide bonds. The molecule has 0 N–H and O–H groups in total. The molecule has 3 atom stereocenters. The molecule has 0 aliphatic carbocycles. The van der Waals surface area contributed by atoms with Crippen LogP contribution in [0.4, 0.5) is 0 Å². The molecule has 90 valence electrons. The van der Waals surface area contributed by atoms with Crippen LogP contribution in [0.15, 0.2) is 4.52 Å². The molecule has 1 aromatic rings. The maximum absolute atomic E-state index is 5.25. The molecule has 0 bridgehead atoms. The maximum Gasteiger partial charge on any atom is 0.243 e. The van der Waals surface area contributed by atoms with Gasteiger partial charge in [0.05, 0.1) is 6.04 Å². The topological polar surface area (TPSA) is 42.2 Å². The van der Waals surface area contributed by atoms with Crippen LogP contribution < -0.4 is 0 Å². The first kappa shape index (κ1) is 11.6. The lowest BCUT2D eigenvalue weighted by Crippen LogP contribution is -2.40. The van der Waals surface area contributed by atoms with Gasteiger partial charge in [0.25, 0.3) is 0 Å². The minimum Gasteiger partial charge on any atom is -0.338 e. The van der Waals surface area contributed by atoms with Gasteiger partial charge in [0.1, 0.15) is 0 Å². The molecule has 0 saturated carbocycles. The van der Waals surface area contributed by atoms with Gasteiger partial charge in [-0.05, 0) is 32.1 Å². The first-order valence-corrected chi connectivity index (χ1v) is 6.10. The molecule has 1 saturated heterocycles. The lowest BCUT2D eigenvalue weighted by molar-refractivity contribution is 0.0866. The quantitative estimate of drug-likeness (QED) is 0.772. The standard InChI is InChI=1S/C12H21N3O/c1-8-5-9(2)7-15(6-8)10(3)12-13-11(4)14-16-12/h8-10H,5-7H2,1-4H3. The fourth-order valence-electron chi connectivity index (χ4n) is 2.67. The van der Waals surface area contributed by atoms with Crippen molar-refractivity contribution in [1.29, 1.82) is 0 Å². The van der Waals surface area contributed by atoms with Gasteiger partial charge in [-0.15, -0.1) is 0 Å². The lowest BCUT2D eigenvalue weighted by Gasteiger charge is -2.37. The Kier molecular flexibility index (Phi) is 3.28. The van der Waals surface area contributed by atoms with E-state index < -0.39 is 0 Å². The van der Waals surface area contributed by atoms with Gasteiger partial charge in [0.2, 0.25) is 5.89 Å². The Hall–Kier alpha value is -0.900. The Morgan fingerprint density at radius 2 is 1.94 bits per heavy atom. The Labute approximate surface area is 97.0 Å². The van der Waals surface area contributed by atoms with Crippen LogP contribution in [0.3, 0.4) is 0 Å². The summed E-state index contributed by atoms with van der Waals surface area (Å²) in [4.78, 5) is 6.77. The maximum atomic E-state index is 5.25. The van der Waals surface area contributed by atoms with Crippen molar-refractivity contribution in [3.8, 4) is 0 Å². The monoisotopic (exact) mass is 223 g/mol. The van der Waals surface area contributed by atoms with E-state index >= 15 is 0 Å². The second-order valence-corrected chi connectivity index (χ2v) is 5.26. The zero-order chi connectivity index (χ0) is 11.7. The SMILES string of the molecule is Cc1noc(C(C)N2CC(C)CC(C)C2)n1. The van der Waals surface area contributed by atoms with E-state index in [1.807, 2.05) is 6.92 Å². The van der Waals surface area contributed by atoms with Gasteiger partial charge in [0.15, 0.2) is 5.82 Å². The van der Waals surface area contributed by atoms with E-state index in [4.69, 9.17) is 4.52 Å². The molecule has 1 aromatic heterocycles. The van der Waals surface area contributed by atoms with Crippen LogP contribution in [-0.4, -0.2) is 28.1 Å². The van der Waals surface area contributed by atoms with E-state index in [1.54, 1.807) is 0 Å². The van der Waals surface area contributed by atoms with Crippen molar-refractivity contribution in [1.82, 2.24) is 15.0 Å². The van der Waals surface area contributed by atoms with Gasteiger partial charge in [-0.1, -0.05) is 19.0 Å². The van der Waals surface area contributed by atoms with Crippen molar-refractivity contribution in [2.75, 3.05) is 13.1 Å². The average molecular weight is 223 g/mol. The summed E-state index contributed by atoms with van der Waals surface area (Å²) in [6.45, 7) is 10.9. The number of aromatic nitrogens is 2. The van der Waals surface area contributed by atoms with Crippen LogP contribution in [0.25, 0.3) is 0 Å². The molecule has 1 aliphatic rings. The zero-order valence-electron chi connectivity index (χ0n) is 10.6. The Balaban J connectivity index is 2.06. The number of rotatable bonds is 2. The van der Waals surface area contributed by atoms with Gasteiger partial charge in [-0.25, -0.2) is 0 Å². The Morgan fingerprint density at radius 1 is 1.31 bits per heavy atom. The molecule has 2 heterocycles. The molecule has 0 aromatic carbocycles. The highest BCUT2D eigenvalue weighted by molar-refractivity contribution is 4.92. The average Bonchev–Trinajstić information content (AvgIpc) is 2.62. The predicted molar refractivity (Wildman–Crippen MR) is 62.0 cm³/mol. The van der Waals surface area contributed by atoms with Crippen LogP contribution in [0.5, 0.6) is 0 Å². The van der Waals surface area contributed by atoms with E-state index in [0.717, 1.165) is 36.6 Å². The summed E-state index contributed by atoms with van der Waals surface area (Å²) < 4.78 is 5.25. The number of aryl methyl sites for hydroxylation is 1. The number of likely N-dealkylation sites (tertiary alicyclic amines) is 1. The molecule has 16 heavy (non-hydrogen) atoms. The van der Waals surface area contributed by atoms with E-state index in [2.05, 4.69) is 35.8 Å². The van der Waals surface area contributed by atoms with Crippen molar-refractivity contribution >= 4 is 0 Å². The molecule has 4 nitrogen and oxygen atoms in total. The first-order valence-electron chi connectivity index (χ1n) is 6.10. The minimum absolute atomic E-state index is 0.242. The van der Waals surface area contributed by atoms with Crippen LogP contribution in [0.1, 0.15) is 44.9 Å². The van der Waals surface area contributed by atoms with Crippen LogP contribution in [0, 0.1) is 18.8 Å². The van der Waals surface area contributed by atoms with E-state index in [0.29, 0.717) is 0 Å².